The average molecular weight is 268 g/mol. The summed E-state index contributed by atoms with van der Waals surface area (Å²) in [7, 11) is 0. The summed E-state index contributed by atoms with van der Waals surface area (Å²) in [5.41, 5.74) is 0.649. The summed E-state index contributed by atoms with van der Waals surface area (Å²) in [6.07, 6.45) is 5.99. The minimum absolute atomic E-state index is 0.0414. The number of anilines is 1. The number of carbonyl (C=O) groups is 1. The zero-order valence-electron chi connectivity index (χ0n) is 11.1. The first-order valence-corrected chi connectivity index (χ1v) is 6.70. The summed E-state index contributed by atoms with van der Waals surface area (Å²) in [6.45, 7) is 1.71. The van der Waals surface area contributed by atoms with Gasteiger partial charge in [-0.25, -0.2) is 4.98 Å². The molecule has 5 nitrogen and oxygen atoms in total. The molecule has 0 saturated carbocycles. The molecule has 1 aliphatic heterocycles. The molecule has 0 aliphatic carbocycles. The van der Waals surface area contributed by atoms with Crippen LogP contribution >= 0.6 is 0 Å². The first-order valence-electron chi connectivity index (χ1n) is 6.70. The van der Waals surface area contributed by atoms with Crippen molar-refractivity contribution in [2.75, 3.05) is 18.0 Å². The van der Waals surface area contributed by atoms with Crippen LogP contribution in [0.2, 0.25) is 0 Å². The van der Waals surface area contributed by atoms with Crippen molar-refractivity contribution < 1.29 is 4.79 Å². The molecule has 2 aromatic heterocycles. The lowest BCUT2D eigenvalue weighted by atomic mass is 10.2. The van der Waals surface area contributed by atoms with Crippen LogP contribution in [0.15, 0.2) is 48.9 Å². The van der Waals surface area contributed by atoms with Crippen molar-refractivity contribution in [1.29, 1.82) is 0 Å². The third-order valence-electron chi connectivity index (χ3n) is 3.44. The van der Waals surface area contributed by atoms with Gasteiger partial charge in [0.05, 0.1) is 0 Å². The first kappa shape index (κ1) is 12.6. The van der Waals surface area contributed by atoms with Gasteiger partial charge in [0, 0.05) is 43.3 Å². The molecular weight excluding hydrogens is 252 g/mol. The van der Waals surface area contributed by atoms with Gasteiger partial charge in [-0.05, 0) is 30.7 Å². The van der Waals surface area contributed by atoms with E-state index in [1.54, 1.807) is 30.7 Å². The number of pyridine rings is 2. The predicted molar refractivity (Wildman–Crippen MR) is 76.6 cm³/mol. The highest BCUT2D eigenvalue weighted by molar-refractivity contribution is 5.94. The van der Waals surface area contributed by atoms with Gasteiger partial charge in [0.2, 0.25) is 0 Å². The summed E-state index contributed by atoms with van der Waals surface area (Å²) < 4.78 is 0. The summed E-state index contributed by atoms with van der Waals surface area (Å²) in [4.78, 5) is 22.5. The number of hydrogen-bond acceptors (Lipinski definition) is 4. The Morgan fingerprint density at radius 1 is 1.20 bits per heavy atom. The van der Waals surface area contributed by atoms with Crippen LogP contribution in [0.4, 0.5) is 5.82 Å². The van der Waals surface area contributed by atoms with Crippen molar-refractivity contribution >= 4 is 11.7 Å². The van der Waals surface area contributed by atoms with Crippen molar-refractivity contribution in [2.45, 2.75) is 12.5 Å². The van der Waals surface area contributed by atoms with Gasteiger partial charge >= 0.3 is 0 Å². The molecule has 3 heterocycles. The molecule has 0 spiro atoms. The van der Waals surface area contributed by atoms with E-state index < -0.39 is 0 Å². The second-order valence-corrected chi connectivity index (χ2v) is 4.83. The van der Waals surface area contributed by atoms with Crippen LogP contribution in [0.25, 0.3) is 0 Å². The molecule has 102 valence electrons. The summed E-state index contributed by atoms with van der Waals surface area (Å²) >= 11 is 0. The molecule has 2 aromatic rings. The lowest BCUT2D eigenvalue weighted by Gasteiger charge is -2.17. The second kappa shape index (κ2) is 5.69. The van der Waals surface area contributed by atoms with Crippen LogP contribution in [-0.4, -0.2) is 35.0 Å². The van der Waals surface area contributed by atoms with E-state index in [4.69, 9.17) is 0 Å². The Morgan fingerprint density at radius 3 is 2.80 bits per heavy atom. The Labute approximate surface area is 117 Å². The number of nitrogens with zero attached hydrogens (tertiary/aromatic N) is 3. The fourth-order valence-corrected chi connectivity index (χ4v) is 2.40. The number of aromatic nitrogens is 2. The molecule has 0 bridgehead atoms. The normalized spacial score (nSPS) is 18.0. The Kier molecular flexibility index (Phi) is 3.58. The van der Waals surface area contributed by atoms with E-state index in [0.717, 1.165) is 25.3 Å². The quantitative estimate of drug-likeness (QED) is 0.916. The zero-order chi connectivity index (χ0) is 13.8. The van der Waals surface area contributed by atoms with Gasteiger partial charge in [-0.1, -0.05) is 6.07 Å². The van der Waals surface area contributed by atoms with Gasteiger partial charge in [0.1, 0.15) is 5.82 Å². The smallest absolute Gasteiger partial charge is 0.251 e. The molecule has 1 saturated heterocycles. The molecule has 1 unspecified atom stereocenters. The van der Waals surface area contributed by atoms with Crippen molar-refractivity contribution in [2.24, 2.45) is 0 Å². The number of nitrogens with one attached hydrogen (secondary N) is 1. The fraction of sp³-hybridized carbons (Fsp3) is 0.267. The maximum absolute atomic E-state index is 12.1. The number of amides is 1. The van der Waals surface area contributed by atoms with Crippen LogP contribution in [-0.2, 0) is 0 Å². The molecule has 1 fully saturated rings. The lowest BCUT2D eigenvalue weighted by Crippen LogP contribution is -2.37. The molecule has 3 rings (SSSR count). The van der Waals surface area contributed by atoms with E-state index in [0.29, 0.717) is 5.56 Å². The van der Waals surface area contributed by atoms with Gasteiger partial charge in [-0.15, -0.1) is 0 Å². The molecule has 1 N–H and O–H groups in total. The third kappa shape index (κ3) is 2.77. The van der Waals surface area contributed by atoms with Crippen LogP contribution in [0, 0.1) is 0 Å². The molecule has 1 amide bonds. The molecule has 1 atom stereocenters. The Bertz CT molecular complexity index is 573. The molecule has 1 aliphatic rings. The summed E-state index contributed by atoms with van der Waals surface area (Å²) in [5, 5.41) is 3.06. The van der Waals surface area contributed by atoms with Gasteiger partial charge in [0.15, 0.2) is 0 Å². The van der Waals surface area contributed by atoms with Crippen molar-refractivity contribution in [1.82, 2.24) is 15.3 Å². The Morgan fingerprint density at radius 2 is 2.05 bits per heavy atom. The standard InChI is InChI=1S/C15H16N4O/c20-15(12-4-8-16-9-5-12)18-13-6-10-19(11-13)14-3-1-2-7-17-14/h1-5,7-9,13H,6,10-11H2,(H,18,20). The Hall–Kier alpha value is -2.43. The number of hydrogen-bond donors (Lipinski definition) is 1. The Balaban J connectivity index is 1.60. The maximum Gasteiger partial charge on any atom is 0.251 e. The predicted octanol–water partition coefficient (Wildman–Crippen LogP) is 1.49. The van der Waals surface area contributed by atoms with E-state index >= 15 is 0 Å². The van der Waals surface area contributed by atoms with Gasteiger partial charge in [-0.2, -0.15) is 0 Å². The molecule has 0 aromatic carbocycles. The van der Waals surface area contributed by atoms with Crippen molar-refractivity contribution in [3.05, 3.63) is 54.5 Å². The van der Waals surface area contributed by atoms with Crippen LogP contribution in [0.5, 0.6) is 0 Å². The minimum atomic E-state index is -0.0414. The van der Waals surface area contributed by atoms with Gasteiger partial charge < -0.3 is 10.2 Å². The maximum atomic E-state index is 12.1. The lowest BCUT2D eigenvalue weighted by molar-refractivity contribution is 0.0940. The number of carbonyl (C=O) groups excluding carboxylic acids is 1. The highest BCUT2D eigenvalue weighted by Gasteiger charge is 2.24. The van der Waals surface area contributed by atoms with Gasteiger partial charge in [-0.3, -0.25) is 9.78 Å². The van der Waals surface area contributed by atoms with E-state index in [1.807, 2.05) is 18.2 Å². The second-order valence-electron chi connectivity index (χ2n) is 4.83. The van der Waals surface area contributed by atoms with Crippen molar-refractivity contribution in [3.63, 3.8) is 0 Å². The monoisotopic (exact) mass is 268 g/mol. The summed E-state index contributed by atoms with van der Waals surface area (Å²) in [5.74, 6) is 0.924. The van der Waals surface area contributed by atoms with E-state index in [2.05, 4.69) is 20.2 Å². The average Bonchev–Trinajstić information content (AvgIpc) is 2.97. The molecule has 20 heavy (non-hydrogen) atoms. The molecule has 0 radical (unpaired) electrons. The van der Waals surface area contributed by atoms with Crippen molar-refractivity contribution in [3.8, 4) is 0 Å². The topological polar surface area (TPSA) is 58.1 Å². The SMILES string of the molecule is O=C(NC1CCN(c2ccccn2)C1)c1ccncc1. The fourth-order valence-electron chi connectivity index (χ4n) is 2.40. The summed E-state index contributed by atoms with van der Waals surface area (Å²) in [6, 6.07) is 9.49. The first-order chi connectivity index (χ1) is 9.83. The highest BCUT2D eigenvalue weighted by Crippen LogP contribution is 2.17. The number of rotatable bonds is 3. The van der Waals surface area contributed by atoms with Gasteiger partial charge in [0.25, 0.3) is 5.91 Å². The largest absolute Gasteiger partial charge is 0.354 e. The van der Waals surface area contributed by atoms with E-state index in [9.17, 15) is 4.79 Å². The highest BCUT2D eigenvalue weighted by atomic mass is 16.1. The third-order valence-corrected chi connectivity index (χ3v) is 3.44. The van der Waals surface area contributed by atoms with Crippen LogP contribution in [0.3, 0.4) is 0 Å². The zero-order valence-corrected chi connectivity index (χ0v) is 11.1. The van der Waals surface area contributed by atoms with Crippen LogP contribution < -0.4 is 10.2 Å². The molecule has 5 heteroatoms. The van der Waals surface area contributed by atoms with Crippen LogP contribution in [0.1, 0.15) is 16.8 Å². The molecular formula is C15H16N4O. The minimum Gasteiger partial charge on any atom is -0.354 e. The van der Waals surface area contributed by atoms with E-state index in [1.165, 1.54) is 0 Å². The van der Waals surface area contributed by atoms with E-state index in [-0.39, 0.29) is 11.9 Å².